The van der Waals surface area contributed by atoms with Crippen LogP contribution in [0.25, 0.3) is 21.5 Å². The van der Waals surface area contributed by atoms with E-state index >= 15 is 0 Å². The second-order valence-electron chi connectivity index (χ2n) is 3.35. The summed E-state index contributed by atoms with van der Waals surface area (Å²) < 4.78 is 1.06. The van der Waals surface area contributed by atoms with Crippen molar-refractivity contribution in [2.24, 2.45) is 0 Å². The molecular formula is C12H8BrN. The zero-order chi connectivity index (χ0) is 9.54. The first kappa shape index (κ1) is 8.06. The summed E-state index contributed by atoms with van der Waals surface area (Å²) in [6, 6.07) is 12.7. The van der Waals surface area contributed by atoms with Crippen molar-refractivity contribution in [2.75, 3.05) is 0 Å². The van der Waals surface area contributed by atoms with Gasteiger partial charge in [-0.05, 0) is 26.7 Å². The van der Waals surface area contributed by atoms with Gasteiger partial charge in [-0.1, -0.05) is 36.4 Å². The van der Waals surface area contributed by atoms with Gasteiger partial charge in [0.2, 0.25) is 0 Å². The van der Waals surface area contributed by atoms with E-state index in [1.54, 1.807) is 0 Å². The molecule has 3 rings (SSSR count). The van der Waals surface area contributed by atoms with Gasteiger partial charge in [-0.25, -0.2) is 0 Å². The van der Waals surface area contributed by atoms with Gasteiger partial charge >= 0.3 is 0 Å². The Morgan fingerprint density at radius 1 is 0.929 bits per heavy atom. The first-order valence-corrected chi connectivity index (χ1v) is 5.30. The summed E-state index contributed by atoms with van der Waals surface area (Å²) >= 11 is 3.53. The van der Waals surface area contributed by atoms with Crippen molar-refractivity contribution in [1.29, 1.82) is 0 Å². The lowest BCUT2D eigenvalue weighted by Crippen LogP contribution is -1.73. The van der Waals surface area contributed by atoms with Crippen LogP contribution in [0.2, 0.25) is 0 Å². The molecule has 0 saturated heterocycles. The normalized spacial score (nSPS) is 11.2. The summed E-state index contributed by atoms with van der Waals surface area (Å²) in [5.74, 6) is 0. The van der Waals surface area contributed by atoms with Crippen molar-refractivity contribution >= 4 is 37.5 Å². The largest absolute Gasteiger partial charge is 0.355 e. The van der Waals surface area contributed by atoms with E-state index in [0.717, 1.165) is 4.60 Å². The Labute approximate surface area is 89.9 Å². The van der Waals surface area contributed by atoms with E-state index in [0.29, 0.717) is 0 Å². The minimum absolute atomic E-state index is 1.06. The molecule has 0 fully saturated rings. The van der Waals surface area contributed by atoms with E-state index in [2.05, 4.69) is 57.3 Å². The molecule has 3 aromatic rings. The molecule has 1 heterocycles. The lowest BCUT2D eigenvalue weighted by molar-refractivity contribution is 1.38. The molecule has 0 bridgehead atoms. The molecule has 2 aromatic carbocycles. The van der Waals surface area contributed by atoms with Gasteiger partial charge in [0.25, 0.3) is 0 Å². The summed E-state index contributed by atoms with van der Waals surface area (Å²) in [6.07, 6.45) is 2.02. The molecule has 0 amide bonds. The monoisotopic (exact) mass is 245 g/mol. The third-order valence-corrected chi connectivity index (χ3v) is 3.16. The fourth-order valence-corrected chi connectivity index (χ4v) is 2.42. The number of H-pyrrole nitrogens is 1. The molecule has 14 heavy (non-hydrogen) atoms. The van der Waals surface area contributed by atoms with Crippen LogP contribution in [0.5, 0.6) is 0 Å². The molecule has 0 spiro atoms. The van der Waals surface area contributed by atoms with Gasteiger partial charge in [0.05, 0.1) is 4.60 Å². The minimum Gasteiger partial charge on any atom is -0.355 e. The van der Waals surface area contributed by atoms with Crippen LogP contribution in [0.1, 0.15) is 0 Å². The smallest absolute Gasteiger partial charge is 0.0906 e. The second kappa shape index (κ2) is 2.85. The van der Waals surface area contributed by atoms with Crippen molar-refractivity contribution in [3.8, 4) is 0 Å². The maximum atomic E-state index is 3.53. The maximum Gasteiger partial charge on any atom is 0.0906 e. The Kier molecular flexibility index (Phi) is 1.64. The van der Waals surface area contributed by atoms with Crippen LogP contribution in [0.15, 0.2) is 47.2 Å². The summed E-state index contributed by atoms with van der Waals surface area (Å²) in [7, 11) is 0. The van der Waals surface area contributed by atoms with Crippen LogP contribution >= 0.6 is 15.9 Å². The van der Waals surface area contributed by atoms with Gasteiger partial charge in [0, 0.05) is 17.0 Å². The highest BCUT2D eigenvalue weighted by molar-refractivity contribution is 9.10. The summed E-state index contributed by atoms with van der Waals surface area (Å²) in [4.78, 5) is 3.19. The predicted molar refractivity (Wildman–Crippen MR) is 63.5 cm³/mol. The molecular weight excluding hydrogens is 238 g/mol. The van der Waals surface area contributed by atoms with Crippen LogP contribution in [0.4, 0.5) is 0 Å². The van der Waals surface area contributed by atoms with E-state index in [1.165, 1.54) is 21.5 Å². The van der Waals surface area contributed by atoms with Gasteiger partial charge in [-0.15, -0.1) is 0 Å². The molecule has 0 saturated carbocycles. The number of benzene rings is 2. The average molecular weight is 246 g/mol. The highest BCUT2D eigenvalue weighted by Gasteiger charge is 2.04. The summed E-state index contributed by atoms with van der Waals surface area (Å²) in [5, 5.41) is 5.08. The van der Waals surface area contributed by atoms with E-state index in [4.69, 9.17) is 0 Å². The third kappa shape index (κ3) is 1.01. The molecule has 1 N–H and O–H groups in total. The van der Waals surface area contributed by atoms with Crippen molar-refractivity contribution in [2.45, 2.75) is 0 Å². The Morgan fingerprint density at radius 2 is 1.71 bits per heavy atom. The van der Waals surface area contributed by atoms with Crippen LogP contribution in [0.3, 0.4) is 0 Å². The van der Waals surface area contributed by atoms with E-state index in [-0.39, 0.29) is 0 Å². The first-order chi connectivity index (χ1) is 6.86. The Balaban J connectivity index is 2.65. The zero-order valence-corrected chi connectivity index (χ0v) is 9.01. The topological polar surface area (TPSA) is 15.8 Å². The average Bonchev–Trinajstić information content (AvgIpc) is 2.61. The lowest BCUT2D eigenvalue weighted by atomic mass is 10.1. The highest BCUT2D eigenvalue weighted by atomic mass is 79.9. The minimum atomic E-state index is 1.06. The SMILES string of the molecule is Brc1[nH]cc2ccc3ccccc3c12. The van der Waals surface area contributed by atoms with Crippen LogP contribution in [-0.2, 0) is 0 Å². The lowest BCUT2D eigenvalue weighted by Gasteiger charge is -1.99. The number of hydrogen-bond acceptors (Lipinski definition) is 0. The van der Waals surface area contributed by atoms with E-state index < -0.39 is 0 Å². The molecule has 0 radical (unpaired) electrons. The van der Waals surface area contributed by atoms with Crippen LogP contribution in [-0.4, -0.2) is 4.98 Å². The molecule has 0 atom stereocenters. The molecule has 1 aromatic heterocycles. The van der Waals surface area contributed by atoms with Gasteiger partial charge in [0.15, 0.2) is 0 Å². The second-order valence-corrected chi connectivity index (χ2v) is 4.15. The Bertz CT molecular complexity index is 610. The fraction of sp³-hybridized carbons (Fsp3) is 0. The number of halogens is 1. The number of aromatic amines is 1. The number of hydrogen-bond donors (Lipinski definition) is 1. The molecule has 0 aliphatic carbocycles. The van der Waals surface area contributed by atoms with Crippen LogP contribution < -0.4 is 0 Å². The molecule has 2 heteroatoms. The highest BCUT2D eigenvalue weighted by Crippen LogP contribution is 2.30. The van der Waals surface area contributed by atoms with Crippen molar-refractivity contribution in [3.05, 3.63) is 47.2 Å². The number of aromatic nitrogens is 1. The number of fused-ring (bicyclic) bond motifs is 3. The van der Waals surface area contributed by atoms with Crippen molar-refractivity contribution < 1.29 is 0 Å². The first-order valence-electron chi connectivity index (χ1n) is 4.50. The van der Waals surface area contributed by atoms with Gasteiger partial charge in [-0.3, -0.25) is 0 Å². The third-order valence-electron chi connectivity index (χ3n) is 2.54. The predicted octanol–water partition coefficient (Wildman–Crippen LogP) is 4.08. The molecule has 68 valence electrons. The molecule has 0 aliphatic rings. The summed E-state index contributed by atoms with van der Waals surface area (Å²) in [6.45, 7) is 0. The van der Waals surface area contributed by atoms with Crippen molar-refractivity contribution in [1.82, 2.24) is 4.98 Å². The van der Waals surface area contributed by atoms with Gasteiger partial charge < -0.3 is 4.98 Å². The van der Waals surface area contributed by atoms with Crippen LogP contribution in [0, 0.1) is 0 Å². The molecule has 1 nitrogen and oxygen atoms in total. The molecule has 0 aliphatic heterocycles. The fourth-order valence-electron chi connectivity index (χ4n) is 1.87. The maximum absolute atomic E-state index is 3.53. The number of nitrogens with one attached hydrogen (secondary N) is 1. The zero-order valence-electron chi connectivity index (χ0n) is 7.42. The molecule has 0 unspecified atom stereocenters. The van der Waals surface area contributed by atoms with Gasteiger partial charge in [0.1, 0.15) is 0 Å². The Hall–Kier alpha value is -1.28. The van der Waals surface area contributed by atoms with E-state index in [9.17, 15) is 0 Å². The van der Waals surface area contributed by atoms with E-state index in [1.807, 2.05) is 6.20 Å². The standard InChI is InChI=1S/C12H8BrN/c13-12-11-9(7-14-12)6-5-8-3-1-2-4-10(8)11/h1-7,14H. The van der Waals surface area contributed by atoms with Crippen molar-refractivity contribution in [3.63, 3.8) is 0 Å². The Morgan fingerprint density at radius 3 is 2.64 bits per heavy atom. The quantitative estimate of drug-likeness (QED) is 0.615. The summed E-state index contributed by atoms with van der Waals surface area (Å²) in [5.41, 5.74) is 0. The van der Waals surface area contributed by atoms with Gasteiger partial charge in [-0.2, -0.15) is 0 Å². The number of rotatable bonds is 0.